The van der Waals surface area contributed by atoms with E-state index in [0.29, 0.717) is 18.9 Å². The van der Waals surface area contributed by atoms with E-state index in [4.69, 9.17) is 9.84 Å². The van der Waals surface area contributed by atoms with Crippen LogP contribution in [0.4, 0.5) is 5.69 Å². The van der Waals surface area contributed by atoms with Crippen LogP contribution in [0, 0.1) is 10.1 Å². The first kappa shape index (κ1) is 16.4. The summed E-state index contributed by atoms with van der Waals surface area (Å²) in [5.74, 6) is 0.317. The molecule has 0 radical (unpaired) electrons. The fourth-order valence-corrected chi connectivity index (χ4v) is 1.89. The van der Waals surface area contributed by atoms with Crippen molar-refractivity contribution in [3.63, 3.8) is 0 Å². The molecule has 0 aliphatic heterocycles. The fourth-order valence-electron chi connectivity index (χ4n) is 1.89. The van der Waals surface area contributed by atoms with Crippen molar-refractivity contribution in [3.8, 4) is 5.75 Å². The molecule has 1 rings (SSSR count). The van der Waals surface area contributed by atoms with Crippen molar-refractivity contribution in [1.82, 2.24) is 5.32 Å². The number of ether oxygens (including phenoxy) is 1. The first-order valence-corrected chi connectivity index (χ1v) is 6.84. The Balaban J connectivity index is 2.53. The fraction of sp³-hybridized carbons (Fsp3) is 0.571. The Kier molecular flexibility index (Phi) is 7.60. The van der Waals surface area contributed by atoms with Gasteiger partial charge in [0.2, 0.25) is 0 Å². The second kappa shape index (κ2) is 9.28. The highest BCUT2D eigenvalue weighted by molar-refractivity contribution is 5.48. The second-order valence-electron chi connectivity index (χ2n) is 4.58. The van der Waals surface area contributed by atoms with Gasteiger partial charge in [-0.25, -0.2) is 0 Å². The molecular weight excluding hydrogens is 260 g/mol. The average Bonchev–Trinajstić information content (AvgIpc) is 2.44. The Morgan fingerprint density at radius 3 is 2.70 bits per heavy atom. The van der Waals surface area contributed by atoms with Gasteiger partial charge in [0.05, 0.1) is 11.5 Å². The molecular formula is C14H22N2O4. The van der Waals surface area contributed by atoms with Gasteiger partial charge in [-0.1, -0.05) is 12.5 Å². The molecule has 0 atom stereocenters. The maximum atomic E-state index is 11.0. The number of rotatable bonds is 10. The summed E-state index contributed by atoms with van der Waals surface area (Å²) in [4.78, 5) is 10.6. The molecule has 1 aromatic rings. The predicted molar refractivity (Wildman–Crippen MR) is 76.9 cm³/mol. The van der Waals surface area contributed by atoms with Crippen molar-refractivity contribution in [1.29, 1.82) is 0 Å². The highest BCUT2D eigenvalue weighted by Crippen LogP contribution is 2.28. The monoisotopic (exact) mass is 282 g/mol. The number of nitrogens with one attached hydrogen (secondary N) is 1. The Morgan fingerprint density at radius 1 is 1.30 bits per heavy atom. The third-order valence-electron chi connectivity index (χ3n) is 2.91. The normalized spacial score (nSPS) is 10.5. The van der Waals surface area contributed by atoms with Crippen LogP contribution < -0.4 is 10.1 Å². The molecule has 0 saturated heterocycles. The second-order valence-corrected chi connectivity index (χ2v) is 4.58. The Hall–Kier alpha value is -1.66. The van der Waals surface area contributed by atoms with Crippen LogP contribution in [0.5, 0.6) is 5.75 Å². The summed E-state index contributed by atoms with van der Waals surface area (Å²) in [6.45, 7) is 1.25. The van der Waals surface area contributed by atoms with Gasteiger partial charge < -0.3 is 15.2 Å². The van der Waals surface area contributed by atoms with Crippen LogP contribution in [0.3, 0.4) is 0 Å². The van der Waals surface area contributed by atoms with E-state index in [2.05, 4.69) is 5.32 Å². The van der Waals surface area contributed by atoms with E-state index >= 15 is 0 Å². The van der Waals surface area contributed by atoms with Gasteiger partial charge in [-0.3, -0.25) is 10.1 Å². The lowest BCUT2D eigenvalue weighted by Gasteiger charge is -2.08. The lowest BCUT2D eigenvalue weighted by Crippen LogP contribution is -2.06. The third-order valence-corrected chi connectivity index (χ3v) is 2.91. The number of hydrogen-bond donors (Lipinski definition) is 2. The highest BCUT2D eigenvalue weighted by atomic mass is 16.6. The molecule has 0 aliphatic rings. The molecule has 0 fully saturated rings. The van der Waals surface area contributed by atoms with E-state index in [1.165, 1.54) is 6.07 Å². The number of unbranched alkanes of at least 4 members (excludes halogenated alkanes) is 3. The van der Waals surface area contributed by atoms with Crippen molar-refractivity contribution in [2.24, 2.45) is 0 Å². The van der Waals surface area contributed by atoms with Crippen LogP contribution in [0.2, 0.25) is 0 Å². The predicted octanol–water partition coefficient (Wildman–Crippen LogP) is 2.25. The van der Waals surface area contributed by atoms with Crippen molar-refractivity contribution < 1.29 is 14.8 Å². The molecule has 0 bridgehead atoms. The molecule has 0 aliphatic carbocycles. The first-order chi connectivity index (χ1) is 9.69. The summed E-state index contributed by atoms with van der Waals surface area (Å²) in [5, 5.41) is 22.6. The van der Waals surface area contributed by atoms with Crippen molar-refractivity contribution in [2.75, 3.05) is 20.3 Å². The van der Waals surface area contributed by atoms with Crippen LogP contribution in [-0.2, 0) is 6.54 Å². The average molecular weight is 282 g/mol. The Bertz CT molecular complexity index is 424. The quantitative estimate of drug-likeness (QED) is 0.390. The van der Waals surface area contributed by atoms with Crippen LogP contribution >= 0.6 is 0 Å². The molecule has 0 unspecified atom stereocenters. The largest absolute Gasteiger partial charge is 0.487 e. The smallest absolute Gasteiger partial charge is 0.311 e. The summed E-state index contributed by atoms with van der Waals surface area (Å²) in [6.07, 6.45) is 3.52. The minimum atomic E-state index is -0.416. The lowest BCUT2D eigenvalue weighted by atomic mass is 10.2. The van der Waals surface area contributed by atoms with Crippen LogP contribution in [0.1, 0.15) is 31.2 Å². The maximum Gasteiger partial charge on any atom is 0.311 e. The van der Waals surface area contributed by atoms with Gasteiger partial charge in [-0.15, -0.1) is 0 Å². The number of aliphatic hydroxyl groups is 1. The molecule has 0 saturated carbocycles. The summed E-state index contributed by atoms with van der Waals surface area (Å²) in [6, 6.07) is 5.01. The van der Waals surface area contributed by atoms with E-state index in [1.807, 2.05) is 6.07 Å². The molecule has 1 aromatic carbocycles. The number of nitrogens with zero attached hydrogens (tertiary/aromatic N) is 1. The van der Waals surface area contributed by atoms with Crippen molar-refractivity contribution >= 4 is 5.69 Å². The summed E-state index contributed by atoms with van der Waals surface area (Å²) in [5.41, 5.74) is 0.864. The molecule has 6 nitrogen and oxygen atoms in total. The highest BCUT2D eigenvalue weighted by Gasteiger charge is 2.15. The molecule has 0 amide bonds. The van der Waals surface area contributed by atoms with Gasteiger partial charge >= 0.3 is 5.69 Å². The van der Waals surface area contributed by atoms with Crippen LogP contribution in [0.15, 0.2) is 18.2 Å². The topological polar surface area (TPSA) is 84.6 Å². The lowest BCUT2D eigenvalue weighted by molar-refractivity contribution is -0.385. The first-order valence-electron chi connectivity index (χ1n) is 6.84. The van der Waals surface area contributed by atoms with Gasteiger partial charge in [-0.05, 0) is 37.9 Å². The van der Waals surface area contributed by atoms with Crippen molar-refractivity contribution in [2.45, 2.75) is 32.2 Å². The van der Waals surface area contributed by atoms with Crippen molar-refractivity contribution in [3.05, 3.63) is 33.9 Å². The molecule has 112 valence electrons. The summed E-state index contributed by atoms with van der Waals surface area (Å²) < 4.78 is 5.49. The Morgan fingerprint density at radius 2 is 2.05 bits per heavy atom. The minimum absolute atomic E-state index is 0.00751. The number of benzene rings is 1. The minimum Gasteiger partial charge on any atom is -0.487 e. The third kappa shape index (κ3) is 5.54. The molecule has 20 heavy (non-hydrogen) atoms. The van der Waals surface area contributed by atoms with Gasteiger partial charge in [-0.2, -0.15) is 0 Å². The zero-order valence-electron chi connectivity index (χ0n) is 11.8. The number of nitro groups is 1. The van der Waals surface area contributed by atoms with Gasteiger partial charge in [0.1, 0.15) is 0 Å². The van der Waals surface area contributed by atoms with Crippen LogP contribution in [0.25, 0.3) is 0 Å². The zero-order valence-corrected chi connectivity index (χ0v) is 11.8. The van der Waals surface area contributed by atoms with E-state index in [0.717, 1.165) is 31.2 Å². The maximum absolute atomic E-state index is 11.0. The number of hydrogen-bond acceptors (Lipinski definition) is 5. The number of nitro benzene ring substituents is 1. The molecule has 0 aromatic heterocycles. The van der Waals surface area contributed by atoms with Gasteiger partial charge in [0.25, 0.3) is 0 Å². The standard InChI is InChI=1S/C14H22N2O4/c1-15-11-12-6-7-14(13(10-12)16(18)19)20-9-5-3-2-4-8-17/h6-7,10,15,17H,2-5,8-9,11H2,1H3. The summed E-state index contributed by atoms with van der Waals surface area (Å²) in [7, 11) is 1.79. The van der Waals surface area contributed by atoms with E-state index < -0.39 is 4.92 Å². The van der Waals surface area contributed by atoms with E-state index in [9.17, 15) is 10.1 Å². The molecule has 2 N–H and O–H groups in total. The molecule has 6 heteroatoms. The van der Waals surface area contributed by atoms with E-state index in [1.54, 1.807) is 13.1 Å². The van der Waals surface area contributed by atoms with E-state index in [-0.39, 0.29) is 12.3 Å². The number of aliphatic hydroxyl groups excluding tert-OH is 1. The summed E-state index contributed by atoms with van der Waals surface area (Å²) >= 11 is 0. The molecule has 0 spiro atoms. The zero-order chi connectivity index (χ0) is 14.8. The SMILES string of the molecule is CNCc1ccc(OCCCCCCO)c([N+](=O)[O-])c1. The van der Waals surface area contributed by atoms with Gasteiger partial charge in [0, 0.05) is 19.2 Å². The van der Waals surface area contributed by atoms with Crippen LogP contribution in [-0.4, -0.2) is 30.3 Å². The molecule has 0 heterocycles. The Labute approximate surface area is 118 Å². The van der Waals surface area contributed by atoms with Gasteiger partial charge in [0.15, 0.2) is 5.75 Å².